The Balaban J connectivity index is 2.00. The predicted molar refractivity (Wildman–Crippen MR) is 74.5 cm³/mol. The minimum atomic E-state index is -2.80. The Morgan fingerprint density at radius 2 is 1.94 bits per heavy atom. The van der Waals surface area contributed by atoms with Crippen LogP contribution in [0.4, 0.5) is 5.69 Å². The van der Waals surface area contributed by atoms with Crippen molar-refractivity contribution in [3.63, 3.8) is 0 Å². The molecule has 1 N–H and O–H groups in total. The molecule has 0 aromatic heterocycles. The molecule has 1 fully saturated rings. The van der Waals surface area contributed by atoms with Gasteiger partial charge < -0.3 is 5.32 Å². The number of halogens is 2. The molecule has 0 saturated carbocycles. The molecule has 0 atom stereocenters. The van der Waals surface area contributed by atoms with E-state index in [1.54, 1.807) is 0 Å². The van der Waals surface area contributed by atoms with E-state index in [4.69, 9.17) is 11.6 Å². The maximum atomic E-state index is 11.3. The van der Waals surface area contributed by atoms with E-state index in [0.29, 0.717) is 17.9 Å². The van der Waals surface area contributed by atoms with Crippen molar-refractivity contribution < 1.29 is 8.42 Å². The predicted octanol–water partition coefficient (Wildman–Crippen LogP) is 3.09. The van der Waals surface area contributed by atoms with Crippen LogP contribution in [0, 0.1) is 0 Å². The Kier molecular flexibility index (Phi) is 4.00. The van der Waals surface area contributed by atoms with Gasteiger partial charge in [0, 0.05) is 16.2 Å². The van der Waals surface area contributed by atoms with Crippen LogP contribution in [0.3, 0.4) is 0 Å². The number of nitrogens with one attached hydrogen (secondary N) is 1. The molecule has 1 saturated heterocycles. The summed E-state index contributed by atoms with van der Waals surface area (Å²) in [4.78, 5) is 0. The lowest BCUT2D eigenvalue weighted by Gasteiger charge is -2.24. The molecule has 17 heavy (non-hydrogen) atoms. The second-order valence-electron chi connectivity index (χ2n) is 4.20. The first-order valence-electron chi connectivity index (χ1n) is 5.38. The van der Waals surface area contributed by atoms with Gasteiger partial charge in [0.2, 0.25) is 0 Å². The topological polar surface area (TPSA) is 46.2 Å². The van der Waals surface area contributed by atoms with Crippen LogP contribution < -0.4 is 5.32 Å². The molecular formula is C11H13BrClNO2S. The fourth-order valence-corrected chi connectivity index (χ4v) is 3.77. The van der Waals surface area contributed by atoms with E-state index in [1.807, 2.05) is 18.2 Å². The van der Waals surface area contributed by atoms with Crippen LogP contribution in [0.15, 0.2) is 22.7 Å². The molecule has 94 valence electrons. The van der Waals surface area contributed by atoms with Gasteiger partial charge in [0.15, 0.2) is 0 Å². The highest BCUT2D eigenvalue weighted by Crippen LogP contribution is 2.27. The second kappa shape index (κ2) is 5.16. The van der Waals surface area contributed by atoms with Crippen LogP contribution in [-0.2, 0) is 9.84 Å². The van der Waals surface area contributed by atoms with Crippen molar-refractivity contribution in [3.8, 4) is 0 Å². The number of rotatable bonds is 2. The van der Waals surface area contributed by atoms with Gasteiger partial charge in [0.25, 0.3) is 0 Å². The molecule has 0 spiro atoms. The van der Waals surface area contributed by atoms with Crippen molar-refractivity contribution in [1.29, 1.82) is 0 Å². The van der Waals surface area contributed by atoms with Crippen LogP contribution in [0.25, 0.3) is 0 Å². The zero-order chi connectivity index (χ0) is 12.5. The summed E-state index contributed by atoms with van der Waals surface area (Å²) in [5.74, 6) is 0.545. The van der Waals surface area contributed by atoms with Gasteiger partial charge in [-0.2, -0.15) is 0 Å². The third kappa shape index (κ3) is 3.60. The largest absolute Gasteiger partial charge is 0.382 e. The molecule has 1 aliphatic heterocycles. The molecule has 6 heteroatoms. The van der Waals surface area contributed by atoms with Crippen molar-refractivity contribution in [1.82, 2.24) is 0 Å². The number of hydrogen-bond donors (Lipinski definition) is 1. The van der Waals surface area contributed by atoms with E-state index in [0.717, 1.165) is 10.2 Å². The summed E-state index contributed by atoms with van der Waals surface area (Å²) in [6, 6.07) is 5.87. The molecule has 0 bridgehead atoms. The number of sulfone groups is 1. The summed E-state index contributed by atoms with van der Waals surface area (Å²) in [5, 5.41) is 3.97. The summed E-state index contributed by atoms with van der Waals surface area (Å²) < 4.78 is 23.4. The van der Waals surface area contributed by atoms with Gasteiger partial charge in [-0.1, -0.05) is 11.6 Å². The lowest BCUT2D eigenvalue weighted by molar-refractivity contribution is 0.559. The Hall–Kier alpha value is -0.260. The highest BCUT2D eigenvalue weighted by atomic mass is 79.9. The van der Waals surface area contributed by atoms with Gasteiger partial charge in [0.05, 0.1) is 16.5 Å². The zero-order valence-corrected chi connectivity index (χ0v) is 12.3. The monoisotopic (exact) mass is 337 g/mol. The van der Waals surface area contributed by atoms with Crippen molar-refractivity contribution in [2.24, 2.45) is 0 Å². The molecule has 1 heterocycles. The van der Waals surface area contributed by atoms with E-state index in [9.17, 15) is 8.42 Å². The van der Waals surface area contributed by atoms with E-state index in [-0.39, 0.29) is 17.5 Å². The minimum Gasteiger partial charge on any atom is -0.382 e. The second-order valence-corrected chi connectivity index (χ2v) is 7.76. The Labute approximate surface area is 115 Å². The summed E-state index contributed by atoms with van der Waals surface area (Å²) in [6.07, 6.45) is 1.33. The molecule has 2 rings (SSSR count). The van der Waals surface area contributed by atoms with E-state index in [2.05, 4.69) is 21.2 Å². The van der Waals surface area contributed by atoms with Crippen molar-refractivity contribution in [2.45, 2.75) is 18.9 Å². The summed E-state index contributed by atoms with van der Waals surface area (Å²) in [5.41, 5.74) is 0.933. The van der Waals surface area contributed by atoms with Crippen LogP contribution in [0.2, 0.25) is 5.02 Å². The first-order valence-corrected chi connectivity index (χ1v) is 8.37. The third-order valence-corrected chi connectivity index (χ3v) is 5.79. The fraction of sp³-hybridized carbons (Fsp3) is 0.455. The van der Waals surface area contributed by atoms with Crippen LogP contribution in [0.5, 0.6) is 0 Å². The SMILES string of the molecule is O=S1(=O)CCC(Nc2ccc(Br)c(Cl)c2)CC1. The Bertz CT molecular complexity index is 504. The first-order chi connectivity index (χ1) is 7.96. The zero-order valence-electron chi connectivity index (χ0n) is 9.12. The molecule has 0 unspecified atom stereocenters. The average molecular weight is 339 g/mol. The van der Waals surface area contributed by atoms with Crippen molar-refractivity contribution >= 4 is 43.1 Å². The van der Waals surface area contributed by atoms with Crippen molar-refractivity contribution in [3.05, 3.63) is 27.7 Å². The molecule has 0 radical (unpaired) electrons. The lowest BCUT2D eigenvalue weighted by atomic mass is 10.1. The molecule has 1 aromatic carbocycles. The molecular weight excluding hydrogens is 326 g/mol. The number of hydrogen-bond acceptors (Lipinski definition) is 3. The maximum absolute atomic E-state index is 11.3. The summed E-state index contributed by atoms with van der Waals surface area (Å²) >= 11 is 9.32. The standard InChI is InChI=1S/C11H13BrClNO2S/c12-10-2-1-9(7-11(10)13)14-8-3-5-17(15,16)6-4-8/h1-2,7-8,14H,3-6H2. The van der Waals surface area contributed by atoms with Crippen LogP contribution in [0.1, 0.15) is 12.8 Å². The molecule has 1 aromatic rings. The third-order valence-electron chi connectivity index (χ3n) is 2.85. The normalized spacial score (nSPS) is 20.1. The highest BCUT2D eigenvalue weighted by molar-refractivity contribution is 9.10. The van der Waals surface area contributed by atoms with Crippen LogP contribution in [-0.4, -0.2) is 26.0 Å². The van der Waals surface area contributed by atoms with Crippen LogP contribution >= 0.6 is 27.5 Å². The van der Waals surface area contributed by atoms with E-state index < -0.39 is 9.84 Å². The Morgan fingerprint density at radius 1 is 1.29 bits per heavy atom. The van der Waals surface area contributed by atoms with Crippen molar-refractivity contribution in [2.75, 3.05) is 16.8 Å². The van der Waals surface area contributed by atoms with Gasteiger partial charge >= 0.3 is 0 Å². The van der Waals surface area contributed by atoms with Gasteiger partial charge in [-0.25, -0.2) is 8.42 Å². The number of benzene rings is 1. The number of anilines is 1. The van der Waals surface area contributed by atoms with Gasteiger partial charge in [0.1, 0.15) is 9.84 Å². The summed E-state index contributed by atoms with van der Waals surface area (Å²) in [7, 11) is -2.80. The highest BCUT2D eigenvalue weighted by Gasteiger charge is 2.23. The smallest absolute Gasteiger partial charge is 0.150 e. The minimum absolute atomic E-state index is 0.218. The Morgan fingerprint density at radius 3 is 2.53 bits per heavy atom. The quantitative estimate of drug-likeness (QED) is 0.901. The average Bonchev–Trinajstić information content (AvgIpc) is 2.27. The molecule has 1 aliphatic rings. The summed E-state index contributed by atoms with van der Waals surface area (Å²) in [6.45, 7) is 0. The van der Waals surface area contributed by atoms with E-state index >= 15 is 0 Å². The maximum Gasteiger partial charge on any atom is 0.150 e. The molecule has 0 aliphatic carbocycles. The van der Waals surface area contributed by atoms with Gasteiger partial charge in [-0.3, -0.25) is 0 Å². The fourth-order valence-electron chi connectivity index (χ4n) is 1.86. The van der Waals surface area contributed by atoms with Gasteiger partial charge in [-0.05, 0) is 47.0 Å². The van der Waals surface area contributed by atoms with E-state index in [1.165, 1.54) is 0 Å². The molecule has 3 nitrogen and oxygen atoms in total. The van der Waals surface area contributed by atoms with Gasteiger partial charge in [-0.15, -0.1) is 0 Å². The first kappa shape index (κ1) is 13.2. The molecule has 0 amide bonds. The lowest BCUT2D eigenvalue weighted by Crippen LogP contribution is -2.32.